The molecule has 0 unspecified atom stereocenters. The number of ketones is 1. The van der Waals surface area contributed by atoms with E-state index in [1.807, 2.05) is 0 Å². The molecule has 5 nitrogen and oxygen atoms in total. The third-order valence-corrected chi connectivity index (χ3v) is 3.86. The monoisotopic (exact) mass is 369 g/mol. The highest BCUT2D eigenvalue weighted by molar-refractivity contribution is 5.98. The summed E-state index contributed by atoms with van der Waals surface area (Å²) in [5.74, 6) is -0.566. The van der Waals surface area contributed by atoms with Crippen molar-refractivity contribution in [3.63, 3.8) is 0 Å². The lowest BCUT2D eigenvalue weighted by molar-refractivity contribution is -0.141. The molecule has 0 bridgehead atoms. The summed E-state index contributed by atoms with van der Waals surface area (Å²) in [6, 6.07) is 7.41. The number of Topliss-reactive ketones (excluding diaryl/α,β-unsaturated/α-hetero) is 1. The largest absolute Gasteiger partial charge is 0.485 e. The number of hydrogen-bond donors (Lipinski definition) is 0. The van der Waals surface area contributed by atoms with Crippen LogP contribution in [0.2, 0.25) is 0 Å². The van der Waals surface area contributed by atoms with Gasteiger partial charge in [-0.15, -0.1) is 0 Å². The number of esters is 1. The third-order valence-electron chi connectivity index (χ3n) is 3.86. The number of methoxy groups -OCH3 is 1. The van der Waals surface area contributed by atoms with Crippen LogP contribution in [0.1, 0.15) is 32.1 Å². The fraction of sp³-hybridized carbons (Fsp3) is 0.333. The number of alkyl halides is 3. The summed E-state index contributed by atoms with van der Waals surface area (Å²) in [5, 5.41) is 0. The van der Waals surface area contributed by atoms with Crippen molar-refractivity contribution in [3.05, 3.63) is 52.8 Å². The lowest BCUT2D eigenvalue weighted by Crippen LogP contribution is -2.20. The molecule has 0 saturated heterocycles. The third kappa shape index (κ3) is 4.65. The fourth-order valence-electron chi connectivity index (χ4n) is 2.54. The smallest absolute Gasteiger partial charge is 0.406 e. The van der Waals surface area contributed by atoms with E-state index in [4.69, 9.17) is 4.74 Å². The molecule has 0 aliphatic carbocycles. The van der Waals surface area contributed by atoms with Crippen LogP contribution in [0, 0.1) is 13.8 Å². The average Bonchev–Trinajstić information content (AvgIpc) is 2.86. The van der Waals surface area contributed by atoms with Crippen molar-refractivity contribution in [2.45, 2.75) is 26.6 Å². The Morgan fingerprint density at radius 1 is 1.12 bits per heavy atom. The van der Waals surface area contributed by atoms with Gasteiger partial charge in [0.25, 0.3) is 0 Å². The molecule has 8 heteroatoms. The van der Waals surface area contributed by atoms with Gasteiger partial charge in [-0.05, 0) is 44.2 Å². The van der Waals surface area contributed by atoms with Crippen LogP contribution in [0.4, 0.5) is 13.2 Å². The Labute approximate surface area is 148 Å². The first-order valence-electron chi connectivity index (χ1n) is 7.70. The Kier molecular flexibility index (Phi) is 5.74. The van der Waals surface area contributed by atoms with E-state index in [0.29, 0.717) is 17.0 Å². The normalized spacial score (nSPS) is 11.3. The molecule has 0 aliphatic heterocycles. The van der Waals surface area contributed by atoms with Gasteiger partial charge in [0.15, 0.2) is 6.61 Å². The molecule has 0 aliphatic rings. The zero-order valence-electron chi connectivity index (χ0n) is 14.5. The van der Waals surface area contributed by atoms with Crippen LogP contribution >= 0.6 is 0 Å². The van der Waals surface area contributed by atoms with Gasteiger partial charge < -0.3 is 14.0 Å². The molecule has 2 rings (SSSR count). The van der Waals surface area contributed by atoms with Crippen molar-refractivity contribution in [2.75, 3.05) is 13.7 Å². The van der Waals surface area contributed by atoms with E-state index in [1.165, 1.54) is 51.3 Å². The Hall–Kier alpha value is -2.77. The summed E-state index contributed by atoms with van der Waals surface area (Å²) >= 11 is 0. The number of carbonyl (C=O) groups excluding carboxylic acids is 2. The molecule has 2 aromatic rings. The number of carbonyl (C=O) groups is 2. The first kappa shape index (κ1) is 19.6. The molecular weight excluding hydrogens is 351 g/mol. The molecular formula is C18H18F3NO4. The van der Waals surface area contributed by atoms with Gasteiger partial charge in [-0.1, -0.05) is 0 Å². The second-order valence-corrected chi connectivity index (χ2v) is 5.71. The molecule has 0 saturated carbocycles. The summed E-state index contributed by atoms with van der Waals surface area (Å²) in [6.45, 7) is 1.51. The van der Waals surface area contributed by atoms with Crippen molar-refractivity contribution < 1.29 is 32.2 Å². The van der Waals surface area contributed by atoms with Crippen molar-refractivity contribution in [1.29, 1.82) is 0 Å². The summed E-state index contributed by atoms with van der Waals surface area (Å²) in [7, 11) is 1.26. The summed E-state index contributed by atoms with van der Waals surface area (Å²) in [4.78, 5) is 23.6. The van der Waals surface area contributed by atoms with E-state index in [0.717, 1.165) is 4.57 Å². The van der Waals surface area contributed by atoms with Gasteiger partial charge >= 0.3 is 12.1 Å². The van der Waals surface area contributed by atoms with Crippen LogP contribution < -0.4 is 4.74 Å². The highest BCUT2D eigenvalue weighted by Crippen LogP contribution is 2.23. The van der Waals surface area contributed by atoms with Crippen LogP contribution in [0.25, 0.3) is 0 Å². The van der Waals surface area contributed by atoms with E-state index in [-0.39, 0.29) is 17.9 Å². The number of nitrogens with zero attached hydrogens (tertiary/aromatic N) is 1. The number of hydrogen-bond acceptors (Lipinski definition) is 4. The van der Waals surface area contributed by atoms with Gasteiger partial charge in [0.05, 0.1) is 12.7 Å². The molecule has 0 fully saturated rings. The average molecular weight is 369 g/mol. The highest BCUT2D eigenvalue weighted by atomic mass is 19.4. The minimum atomic E-state index is -4.37. The zero-order chi connectivity index (χ0) is 19.5. The number of aryl methyl sites for hydroxylation is 1. The Bertz CT molecular complexity index is 807. The molecule has 1 aromatic carbocycles. The molecule has 0 spiro atoms. The summed E-state index contributed by atoms with van der Waals surface area (Å²) in [5.41, 5.74) is 1.12. The van der Waals surface area contributed by atoms with Crippen molar-refractivity contribution in [3.8, 4) is 5.75 Å². The van der Waals surface area contributed by atoms with Gasteiger partial charge in [-0.3, -0.25) is 4.79 Å². The molecule has 0 radical (unpaired) electrons. The number of aromatic nitrogens is 1. The fourth-order valence-corrected chi connectivity index (χ4v) is 2.54. The minimum absolute atomic E-state index is 0.193. The number of rotatable bonds is 6. The first-order valence-corrected chi connectivity index (χ1v) is 7.70. The zero-order valence-corrected chi connectivity index (χ0v) is 14.5. The van der Waals surface area contributed by atoms with Gasteiger partial charge in [-0.25, -0.2) is 4.79 Å². The maximum Gasteiger partial charge on any atom is 0.406 e. The number of benzene rings is 1. The van der Waals surface area contributed by atoms with E-state index in [2.05, 4.69) is 4.74 Å². The van der Waals surface area contributed by atoms with Gasteiger partial charge in [-0.2, -0.15) is 13.2 Å². The standard InChI is InChI=1S/C18H18F3NO4/c1-11-8-15(12(2)22(11)10-18(19,20)21)16(23)9-26-14-6-4-13(5-7-14)17(24)25-3/h4-8H,9-10H2,1-3H3. The lowest BCUT2D eigenvalue weighted by Gasteiger charge is -2.12. The van der Waals surface area contributed by atoms with Crippen LogP contribution in [-0.4, -0.2) is 36.2 Å². The topological polar surface area (TPSA) is 57.5 Å². The molecule has 1 heterocycles. The molecule has 140 valence electrons. The van der Waals surface area contributed by atoms with Gasteiger partial charge in [0.2, 0.25) is 5.78 Å². The predicted octanol–water partition coefficient (Wildman–Crippen LogP) is 3.72. The quantitative estimate of drug-likeness (QED) is 0.575. The van der Waals surface area contributed by atoms with E-state index >= 15 is 0 Å². The summed E-state index contributed by atoms with van der Waals surface area (Å²) in [6.07, 6.45) is -4.37. The predicted molar refractivity (Wildman–Crippen MR) is 87.6 cm³/mol. The van der Waals surface area contributed by atoms with Crippen molar-refractivity contribution >= 4 is 11.8 Å². The van der Waals surface area contributed by atoms with Crippen LogP contribution in [0.3, 0.4) is 0 Å². The second kappa shape index (κ2) is 7.63. The first-order chi connectivity index (χ1) is 12.1. The summed E-state index contributed by atoms with van der Waals surface area (Å²) < 4.78 is 48.9. The van der Waals surface area contributed by atoms with Crippen LogP contribution in [0.5, 0.6) is 5.75 Å². The van der Waals surface area contributed by atoms with E-state index in [9.17, 15) is 22.8 Å². The number of ether oxygens (including phenoxy) is 2. The Balaban J connectivity index is 2.06. The maximum atomic E-state index is 12.6. The molecule has 1 aromatic heterocycles. The SMILES string of the molecule is COC(=O)c1ccc(OCC(=O)c2cc(C)n(CC(F)(F)F)c2C)cc1. The van der Waals surface area contributed by atoms with Crippen LogP contribution in [-0.2, 0) is 11.3 Å². The number of halogens is 3. The lowest BCUT2D eigenvalue weighted by atomic mass is 10.1. The van der Waals surface area contributed by atoms with E-state index < -0.39 is 24.5 Å². The van der Waals surface area contributed by atoms with Gasteiger partial charge in [0.1, 0.15) is 12.3 Å². The molecule has 26 heavy (non-hydrogen) atoms. The Morgan fingerprint density at radius 2 is 1.73 bits per heavy atom. The van der Waals surface area contributed by atoms with Crippen molar-refractivity contribution in [2.24, 2.45) is 0 Å². The second-order valence-electron chi connectivity index (χ2n) is 5.71. The van der Waals surface area contributed by atoms with Crippen molar-refractivity contribution in [1.82, 2.24) is 4.57 Å². The van der Waals surface area contributed by atoms with Crippen LogP contribution in [0.15, 0.2) is 30.3 Å². The maximum absolute atomic E-state index is 12.6. The minimum Gasteiger partial charge on any atom is -0.485 e. The highest BCUT2D eigenvalue weighted by Gasteiger charge is 2.30. The Morgan fingerprint density at radius 3 is 2.27 bits per heavy atom. The van der Waals surface area contributed by atoms with Gasteiger partial charge in [0, 0.05) is 17.0 Å². The van der Waals surface area contributed by atoms with E-state index in [1.54, 1.807) is 0 Å². The molecule has 0 atom stereocenters. The molecule has 0 N–H and O–H groups in total. The molecule has 0 amide bonds.